The molecule has 3 aromatic rings. The zero-order valence-corrected chi connectivity index (χ0v) is 19.6. The van der Waals surface area contributed by atoms with E-state index in [1.807, 2.05) is 37.5 Å². The molecular weight excluding hydrogens is 446 g/mol. The Morgan fingerprint density at radius 1 is 1.31 bits per heavy atom. The molecule has 0 radical (unpaired) electrons. The van der Waals surface area contributed by atoms with Gasteiger partial charge < -0.3 is 9.84 Å². The second kappa shape index (κ2) is 10.4. The number of aromatic nitrogens is 4. The van der Waals surface area contributed by atoms with Gasteiger partial charge in [-0.05, 0) is 24.5 Å². The number of hydrogen-bond donors (Lipinski definition) is 2. The second-order valence-corrected chi connectivity index (χ2v) is 8.92. The lowest BCUT2D eigenvalue weighted by molar-refractivity contribution is 0.0380. The van der Waals surface area contributed by atoms with Crippen molar-refractivity contribution in [3.8, 4) is 5.69 Å². The van der Waals surface area contributed by atoms with Crippen LogP contribution in [0.5, 0.6) is 0 Å². The molecule has 2 aliphatic rings. The fourth-order valence-electron chi connectivity index (χ4n) is 4.34. The lowest BCUT2D eigenvalue weighted by atomic mass is 10.0. The number of nitrogens with zero attached hydrogens (tertiary/aromatic N) is 6. The van der Waals surface area contributed by atoms with Crippen LogP contribution < -0.4 is 10.7 Å². The van der Waals surface area contributed by atoms with Crippen molar-refractivity contribution in [3.05, 3.63) is 76.0 Å². The van der Waals surface area contributed by atoms with E-state index in [4.69, 9.17) is 4.74 Å². The maximum Gasteiger partial charge on any atom is 0.203 e. The van der Waals surface area contributed by atoms with E-state index in [0.29, 0.717) is 30.9 Å². The molecule has 3 unspecified atom stereocenters. The predicted molar refractivity (Wildman–Crippen MR) is 132 cm³/mol. The SMILES string of the molecule is Cn1cc(-n2ccc(=O)c(Cc3cccc(C4=NCC(NC(O)CC5CCCO5)C=N4)c3)n2)cn1. The molecule has 35 heavy (non-hydrogen) atoms. The van der Waals surface area contributed by atoms with Crippen molar-refractivity contribution >= 4 is 12.1 Å². The zero-order valence-electron chi connectivity index (χ0n) is 19.6. The highest BCUT2D eigenvalue weighted by Crippen LogP contribution is 2.17. The van der Waals surface area contributed by atoms with Crippen LogP contribution in [-0.2, 0) is 18.2 Å². The molecule has 0 aliphatic carbocycles. The van der Waals surface area contributed by atoms with Gasteiger partial charge in [0.25, 0.3) is 0 Å². The molecule has 5 rings (SSSR count). The molecule has 2 aromatic heterocycles. The minimum absolute atomic E-state index is 0.112. The normalized spacial score (nSPS) is 20.7. The summed E-state index contributed by atoms with van der Waals surface area (Å²) in [5, 5.41) is 22.1. The van der Waals surface area contributed by atoms with Gasteiger partial charge in [-0.3, -0.25) is 19.8 Å². The predicted octanol–water partition coefficient (Wildman–Crippen LogP) is 1.23. The summed E-state index contributed by atoms with van der Waals surface area (Å²) in [6.07, 6.45) is 9.45. The number of nitrogens with one attached hydrogen (secondary N) is 1. The quantitative estimate of drug-likeness (QED) is 0.473. The summed E-state index contributed by atoms with van der Waals surface area (Å²) in [5.74, 6) is 0.632. The van der Waals surface area contributed by atoms with Crippen LogP contribution in [-0.4, -0.2) is 68.2 Å². The average molecular weight is 476 g/mol. The van der Waals surface area contributed by atoms with Crippen LogP contribution in [0.4, 0.5) is 0 Å². The van der Waals surface area contributed by atoms with Crippen molar-refractivity contribution < 1.29 is 9.84 Å². The molecule has 2 aliphatic heterocycles. The topological polar surface area (TPSA) is 119 Å². The molecule has 182 valence electrons. The number of benzene rings is 1. The Morgan fingerprint density at radius 2 is 2.23 bits per heavy atom. The van der Waals surface area contributed by atoms with Gasteiger partial charge in [-0.2, -0.15) is 10.2 Å². The summed E-state index contributed by atoms with van der Waals surface area (Å²) in [7, 11) is 1.83. The first-order chi connectivity index (χ1) is 17.0. The lowest BCUT2D eigenvalue weighted by Gasteiger charge is -2.22. The minimum Gasteiger partial charge on any atom is -0.378 e. The Kier molecular flexibility index (Phi) is 6.94. The summed E-state index contributed by atoms with van der Waals surface area (Å²) >= 11 is 0. The van der Waals surface area contributed by atoms with E-state index in [1.54, 1.807) is 28.0 Å². The Hall–Kier alpha value is -3.47. The molecule has 3 atom stereocenters. The van der Waals surface area contributed by atoms with E-state index in [-0.39, 0.29) is 17.6 Å². The molecule has 0 amide bonds. The highest BCUT2D eigenvalue weighted by Gasteiger charge is 2.22. The molecule has 0 saturated carbocycles. The van der Waals surface area contributed by atoms with Crippen molar-refractivity contribution in [1.82, 2.24) is 24.9 Å². The highest BCUT2D eigenvalue weighted by molar-refractivity contribution is 6.04. The second-order valence-electron chi connectivity index (χ2n) is 8.92. The van der Waals surface area contributed by atoms with E-state index in [2.05, 4.69) is 25.5 Å². The van der Waals surface area contributed by atoms with Crippen molar-refractivity contribution in [1.29, 1.82) is 0 Å². The fourth-order valence-corrected chi connectivity index (χ4v) is 4.34. The number of aliphatic imine (C=N–C) groups is 2. The number of ether oxygens (including phenoxy) is 1. The maximum absolute atomic E-state index is 12.5. The van der Waals surface area contributed by atoms with Gasteiger partial charge in [0.2, 0.25) is 5.43 Å². The van der Waals surface area contributed by atoms with Crippen LogP contribution in [0.3, 0.4) is 0 Å². The molecule has 10 heteroatoms. The molecule has 1 saturated heterocycles. The summed E-state index contributed by atoms with van der Waals surface area (Å²) in [6.45, 7) is 1.26. The number of aryl methyl sites for hydroxylation is 1. The van der Waals surface area contributed by atoms with Crippen LogP contribution >= 0.6 is 0 Å². The molecule has 2 N–H and O–H groups in total. The molecule has 10 nitrogen and oxygen atoms in total. The Bertz CT molecular complexity index is 1290. The third-order valence-electron chi connectivity index (χ3n) is 6.12. The summed E-state index contributed by atoms with van der Waals surface area (Å²) in [4.78, 5) is 21.6. The number of aliphatic hydroxyl groups excluding tert-OH is 1. The molecule has 0 spiro atoms. The van der Waals surface area contributed by atoms with Crippen LogP contribution in [0.1, 0.15) is 36.1 Å². The van der Waals surface area contributed by atoms with Crippen molar-refractivity contribution in [3.63, 3.8) is 0 Å². The molecule has 1 aromatic carbocycles. The van der Waals surface area contributed by atoms with Gasteiger partial charge in [-0.1, -0.05) is 18.2 Å². The molecular formula is C25H29N7O3. The number of hydrogen-bond acceptors (Lipinski definition) is 8. The molecule has 4 heterocycles. The summed E-state index contributed by atoms with van der Waals surface area (Å²) in [5.41, 5.74) is 2.95. The monoisotopic (exact) mass is 475 g/mol. The van der Waals surface area contributed by atoms with E-state index in [0.717, 1.165) is 36.3 Å². The zero-order chi connectivity index (χ0) is 24.2. The third-order valence-corrected chi connectivity index (χ3v) is 6.12. The third kappa shape index (κ3) is 5.79. The van der Waals surface area contributed by atoms with Gasteiger partial charge in [-0.15, -0.1) is 0 Å². The maximum atomic E-state index is 12.5. The summed E-state index contributed by atoms with van der Waals surface area (Å²) < 4.78 is 8.93. The largest absolute Gasteiger partial charge is 0.378 e. The van der Waals surface area contributed by atoms with Crippen LogP contribution in [0, 0.1) is 0 Å². The van der Waals surface area contributed by atoms with Gasteiger partial charge in [0.15, 0.2) is 5.84 Å². The van der Waals surface area contributed by atoms with E-state index in [1.165, 1.54) is 6.07 Å². The molecule has 0 bridgehead atoms. The first kappa shape index (κ1) is 23.3. The van der Waals surface area contributed by atoms with Gasteiger partial charge in [-0.25, -0.2) is 9.67 Å². The first-order valence-electron chi connectivity index (χ1n) is 11.8. The van der Waals surface area contributed by atoms with Gasteiger partial charge in [0, 0.05) is 50.5 Å². The minimum atomic E-state index is -0.649. The first-order valence-corrected chi connectivity index (χ1v) is 11.8. The van der Waals surface area contributed by atoms with Crippen molar-refractivity contribution in [2.24, 2.45) is 17.0 Å². The van der Waals surface area contributed by atoms with E-state index < -0.39 is 6.23 Å². The molecule has 1 fully saturated rings. The summed E-state index contributed by atoms with van der Waals surface area (Å²) in [6, 6.07) is 9.23. The standard InChI is InChI=1S/C25H29N7O3/c1-31-16-20(15-28-31)32-8-7-23(33)22(30-32)11-17-4-2-5-18(10-17)25-26-13-19(14-27-25)29-24(34)12-21-6-3-9-35-21/h2,4-5,7-8,10,13,15-16,19,21,24,29,34H,3,6,9,11-12,14H2,1H3. The Labute approximate surface area is 203 Å². The van der Waals surface area contributed by atoms with Gasteiger partial charge in [0.05, 0.1) is 31.1 Å². The Balaban J connectivity index is 1.24. The van der Waals surface area contributed by atoms with E-state index in [9.17, 15) is 9.90 Å². The van der Waals surface area contributed by atoms with Gasteiger partial charge in [0.1, 0.15) is 17.6 Å². The Morgan fingerprint density at radius 3 is 2.97 bits per heavy atom. The smallest absolute Gasteiger partial charge is 0.203 e. The van der Waals surface area contributed by atoms with E-state index >= 15 is 0 Å². The van der Waals surface area contributed by atoms with Crippen LogP contribution in [0.25, 0.3) is 5.69 Å². The van der Waals surface area contributed by atoms with Crippen molar-refractivity contribution in [2.45, 2.75) is 44.1 Å². The van der Waals surface area contributed by atoms with Crippen molar-refractivity contribution in [2.75, 3.05) is 13.2 Å². The lowest BCUT2D eigenvalue weighted by Crippen LogP contribution is -2.44. The average Bonchev–Trinajstić information content (AvgIpc) is 3.53. The van der Waals surface area contributed by atoms with Crippen LogP contribution in [0.15, 0.2) is 63.7 Å². The van der Waals surface area contributed by atoms with Gasteiger partial charge >= 0.3 is 0 Å². The van der Waals surface area contributed by atoms with Crippen LogP contribution in [0.2, 0.25) is 0 Å². The number of rotatable bonds is 8. The highest BCUT2D eigenvalue weighted by atomic mass is 16.5. The number of amidine groups is 1. The fraction of sp³-hybridized carbons (Fsp3) is 0.400. The number of aliphatic hydroxyl groups is 1.